The molecule has 1 saturated heterocycles. The summed E-state index contributed by atoms with van der Waals surface area (Å²) in [5.41, 5.74) is 0. The second kappa shape index (κ2) is 4.81. The van der Waals surface area contributed by atoms with Gasteiger partial charge in [0.1, 0.15) is 0 Å². The average molecular weight is 213 g/mol. The van der Waals surface area contributed by atoms with Crippen LogP contribution in [0.15, 0.2) is 0 Å². The van der Waals surface area contributed by atoms with Gasteiger partial charge in [-0.05, 0) is 31.7 Å². The maximum Gasteiger partial charge on any atom is 0.0724 e. The van der Waals surface area contributed by atoms with Crippen LogP contribution in [0.4, 0.5) is 0 Å². The van der Waals surface area contributed by atoms with E-state index in [1.54, 1.807) is 0 Å². The van der Waals surface area contributed by atoms with E-state index in [1.165, 1.54) is 25.8 Å². The van der Waals surface area contributed by atoms with E-state index in [0.29, 0.717) is 18.1 Å². The first-order chi connectivity index (χ1) is 7.24. The lowest BCUT2D eigenvalue weighted by molar-refractivity contribution is -0.0710. The van der Waals surface area contributed by atoms with Crippen molar-refractivity contribution in [1.82, 2.24) is 4.90 Å². The van der Waals surface area contributed by atoms with Gasteiger partial charge in [0.15, 0.2) is 0 Å². The Kier molecular flexibility index (Phi) is 3.65. The van der Waals surface area contributed by atoms with Gasteiger partial charge in [-0.25, -0.2) is 0 Å². The van der Waals surface area contributed by atoms with E-state index >= 15 is 0 Å². The molecule has 1 aliphatic carbocycles. The third-order valence-corrected chi connectivity index (χ3v) is 4.14. The summed E-state index contributed by atoms with van der Waals surface area (Å²) in [5.74, 6) is 0.713. The molecule has 0 radical (unpaired) electrons. The summed E-state index contributed by atoms with van der Waals surface area (Å²) < 4.78 is 10.9. The van der Waals surface area contributed by atoms with Gasteiger partial charge in [-0.15, -0.1) is 0 Å². The Morgan fingerprint density at radius 1 is 1.13 bits per heavy atom. The third-order valence-electron chi connectivity index (χ3n) is 4.14. The van der Waals surface area contributed by atoms with Crippen LogP contribution in [0, 0.1) is 5.92 Å². The molecule has 3 nitrogen and oxygen atoms in total. The summed E-state index contributed by atoms with van der Waals surface area (Å²) in [6.07, 6.45) is 4.63. The van der Waals surface area contributed by atoms with E-state index in [-0.39, 0.29) is 0 Å². The molecule has 0 bridgehead atoms. The largest absolute Gasteiger partial charge is 0.381 e. The van der Waals surface area contributed by atoms with E-state index in [0.717, 1.165) is 12.6 Å². The Morgan fingerprint density at radius 2 is 1.87 bits per heavy atom. The van der Waals surface area contributed by atoms with E-state index in [1.807, 2.05) is 14.2 Å². The van der Waals surface area contributed by atoms with Crippen LogP contribution in [0.2, 0.25) is 0 Å². The Morgan fingerprint density at radius 3 is 2.47 bits per heavy atom. The fourth-order valence-electron chi connectivity index (χ4n) is 2.72. The number of likely N-dealkylation sites (tertiary alicyclic amines) is 1. The molecule has 2 aliphatic rings. The van der Waals surface area contributed by atoms with Gasteiger partial charge in [-0.2, -0.15) is 0 Å². The fraction of sp³-hybridized carbons (Fsp3) is 1.00. The maximum absolute atomic E-state index is 5.53. The summed E-state index contributed by atoms with van der Waals surface area (Å²) in [6, 6.07) is 0.750. The molecule has 0 aromatic carbocycles. The van der Waals surface area contributed by atoms with E-state index in [9.17, 15) is 0 Å². The normalized spacial score (nSPS) is 42.6. The van der Waals surface area contributed by atoms with Gasteiger partial charge in [0.05, 0.1) is 12.2 Å². The smallest absolute Gasteiger partial charge is 0.0724 e. The van der Waals surface area contributed by atoms with Crippen molar-refractivity contribution in [2.45, 2.75) is 44.4 Å². The van der Waals surface area contributed by atoms with Crippen LogP contribution in [-0.4, -0.2) is 50.5 Å². The molecule has 2 fully saturated rings. The zero-order chi connectivity index (χ0) is 10.8. The highest BCUT2D eigenvalue weighted by Crippen LogP contribution is 2.31. The molecule has 0 unspecified atom stereocenters. The van der Waals surface area contributed by atoms with Gasteiger partial charge in [-0.1, -0.05) is 6.92 Å². The molecule has 2 rings (SSSR count). The first-order valence-corrected chi connectivity index (χ1v) is 6.04. The number of hydrogen-bond donors (Lipinski definition) is 0. The molecule has 88 valence electrons. The summed E-state index contributed by atoms with van der Waals surface area (Å²) in [6.45, 7) is 4.64. The van der Waals surface area contributed by atoms with Crippen LogP contribution >= 0.6 is 0 Å². The van der Waals surface area contributed by atoms with Crippen molar-refractivity contribution in [2.75, 3.05) is 27.3 Å². The Bertz CT molecular complexity index is 204. The highest BCUT2D eigenvalue weighted by atomic mass is 16.5. The first-order valence-electron chi connectivity index (χ1n) is 6.04. The van der Waals surface area contributed by atoms with Crippen molar-refractivity contribution in [3.05, 3.63) is 0 Å². The SMILES string of the molecule is COC1CC(N2CC[C@H](C)[C@H](OC)C2)C1. The molecule has 15 heavy (non-hydrogen) atoms. The molecule has 0 spiro atoms. The van der Waals surface area contributed by atoms with E-state index in [4.69, 9.17) is 9.47 Å². The van der Waals surface area contributed by atoms with Crippen LogP contribution < -0.4 is 0 Å². The second-order valence-corrected chi connectivity index (χ2v) is 5.02. The minimum atomic E-state index is 0.431. The van der Waals surface area contributed by atoms with E-state index < -0.39 is 0 Å². The van der Waals surface area contributed by atoms with Crippen molar-refractivity contribution >= 4 is 0 Å². The number of piperidine rings is 1. The molecule has 0 aromatic heterocycles. The van der Waals surface area contributed by atoms with Crippen molar-refractivity contribution in [3.63, 3.8) is 0 Å². The quantitative estimate of drug-likeness (QED) is 0.709. The molecule has 2 atom stereocenters. The molecule has 0 N–H and O–H groups in total. The maximum atomic E-state index is 5.53. The monoisotopic (exact) mass is 213 g/mol. The van der Waals surface area contributed by atoms with Crippen molar-refractivity contribution in [1.29, 1.82) is 0 Å². The number of rotatable bonds is 3. The van der Waals surface area contributed by atoms with Gasteiger partial charge in [0, 0.05) is 26.8 Å². The molecule has 3 heteroatoms. The molecular weight excluding hydrogens is 190 g/mol. The zero-order valence-corrected chi connectivity index (χ0v) is 10.1. The molecular formula is C12H23NO2. The Hall–Kier alpha value is -0.120. The highest BCUT2D eigenvalue weighted by molar-refractivity contribution is 4.91. The summed E-state index contributed by atoms with van der Waals surface area (Å²) >= 11 is 0. The first kappa shape index (κ1) is 11.4. The van der Waals surface area contributed by atoms with Gasteiger partial charge in [0.2, 0.25) is 0 Å². The summed E-state index contributed by atoms with van der Waals surface area (Å²) in [7, 11) is 3.65. The lowest BCUT2D eigenvalue weighted by Crippen LogP contribution is -2.54. The number of methoxy groups -OCH3 is 2. The zero-order valence-electron chi connectivity index (χ0n) is 10.1. The predicted octanol–water partition coefficient (Wildman–Crippen LogP) is 1.52. The van der Waals surface area contributed by atoms with Gasteiger partial charge >= 0.3 is 0 Å². The van der Waals surface area contributed by atoms with Crippen molar-refractivity contribution in [3.8, 4) is 0 Å². The second-order valence-electron chi connectivity index (χ2n) is 5.02. The lowest BCUT2D eigenvalue weighted by atomic mass is 9.85. The molecule has 1 saturated carbocycles. The summed E-state index contributed by atoms with van der Waals surface area (Å²) in [4.78, 5) is 2.59. The number of ether oxygens (including phenoxy) is 2. The van der Waals surface area contributed by atoms with Gasteiger partial charge in [-0.3, -0.25) is 4.90 Å². The Labute approximate surface area is 92.7 Å². The standard InChI is InChI=1S/C12H23NO2/c1-9-4-5-13(8-12(9)15-3)10-6-11(7-10)14-2/h9-12H,4-8H2,1-3H3/t9-,10?,11?,12+/m0/s1. The van der Waals surface area contributed by atoms with E-state index in [2.05, 4.69) is 11.8 Å². The van der Waals surface area contributed by atoms with Crippen LogP contribution in [0.3, 0.4) is 0 Å². The number of hydrogen-bond acceptors (Lipinski definition) is 3. The third kappa shape index (κ3) is 2.35. The topological polar surface area (TPSA) is 21.7 Å². The van der Waals surface area contributed by atoms with Crippen LogP contribution in [0.1, 0.15) is 26.2 Å². The molecule has 0 amide bonds. The van der Waals surface area contributed by atoms with Crippen molar-refractivity contribution < 1.29 is 9.47 Å². The highest BCUT2D eigenvalue weighted by Gasteiger charge is 2.37. The van der Waals surface area contributed by atoms with Crippen LogP contribution in [0.25, 0.3) is 0 Å². The number of nitrogens with zero attached hydrogens (tertiary/aromatic N) is 1. The van der Waals surface area contributed by atoms with Crippen LogP contribution in [-0.2, 0) is 9.47 Å². The summed E-state index contributed by atoms with van der Waals surface area (Å²) in [5, 5.41) is 0. The Balaban J connectivity index is 1.80. The molecule has 1 aliphatic heterocycles. The average Bonchev–Trinajstić information content (AvgIpc) is 2.19. The molecule has 0 aromatic rings. The van der Waals surface area contributed by atoms with Gasteiger partial charge in [0.25, 0.3) is 0 Å². The fourth-order valence-corrected chi connectivity index (χ4v) is 2.72. The minimum absolute atomic E-state index is 0.431. The minimum Gasteiger partial charge on any atom is -0.381 e. The lowest BCUT2D eigenvalue weighted by Gasteiger charge is -2.46. The van der Waals surface area contributed by atoms with Crippen molar-refractivity contribution in [2.24, 2.45) is 5.92 Å². The predicted molar refractivity (Wildman–Crippen MR) is 60.0 cm³/mol. The van der Waals surface area contributed by atoms with Crippen LogP contribution in [0.5, 0.6) is 0 Å². The van der Waals surface area contributed by atoms with Gasteiger partial charge < -0.3 is 9.47 Å². The molecule has 1 heterocycles.